The molecule has 17 heavy (non-hydrogen) atoms. The van der Waals surface area contributed by atoms with E-state index >= 15 is 0 Å². The van der Waals surface area contributed by atoms with E-state index in [1.165, 1.54) is 12.1 Å². The Kier molecular flexibility index (Phi) is 3.52. The summed E-state index contributed by atoms with van der Waals surface area (Å²) in [4.78, 5) is 2.67. The zero-order valence-corrected chi connectivity index (χ0v) is 11.0. The minimum atomic E-state index is -4.29. The summed E-state index contributed by atoms with van der Waals surface area (Å²) in [5.41, 5.74) is 0.0258. The van der Waals surface area contributed by atoms with Crippen LogP contribution in [0.1, 0.15) is 15.6 Å². The van der Waals surface area contributed by atoms with Gasteiger partial charge in [-0.1, -0.05) is 0 Å². The molecule has 0 aliphatic rings. The van der Waals surface area contributed by atoms with Crippen LogP contribution in [0.5, 0.6) is 0 Å². The van der Waals surface area contributed by atoms with Crippen LogP contribution in [0.15, 0.2) is 41.3 Å². The summed E-state index contributed by atoms with van der Waals surface area (Å²) in [6.45, 7) is 0. The van der Waals surface area contributed by atoms with Crippen molar-refractivity contribution in [3.63, 3.8) is 0 Å². The molecule has 88 valence electrons. The van der Waals surface area contributed by atoms with E-state index in [0.29, 0.717) is 10.4 Å². The second-order valence-corrected chi connectivity index (χ2v) is 5.78. The number of rotatable bonds is 2. The average Bonchev–Trinajstić information content (AvgIpc) is 2.80. The molecule has 0 nitrogen and oxygen atoms in total. The third-order valence-electron chi connectivity index (χ3n) is 2.22. The zero-order chi connectivity index (χ0) is 12.5. The van der Waals surface area contributed by atoms with Crippen LogP contribution in [-0.2, 0) is 6.18 Å². The predicted molar refractivity (Wildman–Crippen MR) is 65.6 cm³/mol. The van der Waals surface area contributed by atoms with Crippen molar-refractivity contribution >= 4 is 31.6 Å². The summed E-state index contributed by atoms with van der Waals surface area (Å²) in [6, 6.07) is 8.83. The minimum absolute atomic E-state index is 0.208. The van der Waals surface area contributed by atoms with Crippen LogP contribution in [0.3, 0.4) is 0 Å². The molecule has 0 saturated heterocycles. The Morgan fingerprint density at radius 3 is 2.18 bits per heavy atom. The fourth-order valence-corrected chi connectivity index (χ4v) is 3.25. The third kappa shape index (κ3) is 2.86. The van der Waals surface area contributed by atoms with E-state index in [4.69, 9.17) is 12.2 Å². The summed E-state index contributed by atoms with van der Waals surface area (Å²) in [5, 5.41) is 0. The second kappa shape index (κ2) is 4.76. The number of hydrogen-bond donors (Lipinski definition) is 0. The van der Waals surface area contributed by atoms with Gasteiger partial charge in [-0.2, -0.15) is 0 Å². The standard InChI is InChI=1S/C12H7F3SSe/c13-12(14,15)9-5-3-8(4-6-9)11(16)10-2-1-7-17-10/h1-7H. The van der Waals surface area contributed by atoms with Crippen LogP contribution in [-0.4, -0.2) is 19.4 Å². The number of alkyl halides is 3. The first-order chi connectivity index (χ1) is 7.98. The van der Waals surface area contributed by atoms with Crippen LogP contribution in [0.4, 0.5) is 13.2 Å². The molecule has 0 bridgehead atoms. The molecule has 1 aromatic carbocycles. The molecule has 0 fully saturated rings. The Hall–Kier alpha value is -0.901. The van der Waals surface area contributed by atoms with E-state index in [1.54, 1.807) is 0 Å². The van der Waals surface area contributed by atoms with E-state index in [2.05, 4.69) is 0 Å². The van der Waals surface area contributed by atoms with Gasteiger partial charge in [-0.15, -0.1) is 0 Å². The molecule has 0 aliphatic carbocycles. The van der Waals surface area contributed by atoms with Crippen molar-refractivity contribution < 1.29 is 13.2 Å². The molecule has 1 aromatic heterocycles. The predicted octanol–water partition coefficient (Wildman–Crippen LogP) is 3.53. The molecule has 0 saturated carbocycles. The number of benzene rings is 1. The maximum atomic E-state index is 12.4. The number of halogens is 3. The van der Waals surface area contributed by atoms with Gasteiger partial charge < -0.3 is 0 Å². The topological polar surface area (TPSA) is 0 Å². The van der Waals surface area contributed by atoms with Crippen LogP contribution < -0.4 is 0 Å². The molecule has 0 atom stereocenters. The van der Waals surface area contributed by atoms with Gasteiger partial charge in [0.05, 0.1) is 0 Å². The molecule has 5 heteroatoms. The summed E-state index contributed by atoms with van der Waals surface area (Å²) in [7, 11) is 0. The van der Waals surface area contributed by atoms with Gasteiger partial charge >= 0.3 is 108 Å². The zero-order valence-electron chi connectivity index (χ0n) is 8.49. The molecule has 2 rings (SSSR count). The van der Waals surface area contributed by atoms with Crippen LogP contribution in [0.2, 0.25) is 0 Å². The molecule has 0 spiro atoms. The van der Waals surface area contributed by atoms with Gasteiger partial charge in [0, 0.05) is 0 Å². The van der Waals surface area contributed by atoms with Gasteiger partial charge in [0.1, 0.15) is 0 Å². The van der Waals surface area contributed by atoms with E-state index in [9.17, 15) is 13.2 Å². The van der Waals surface area contributed by atoms with Crippen molar-refractivity contribution in [1.82, 2.24) is 0 Å². The van der Waals surface area contributed by atoms with Gasteiger partial charge in [-0.05, 0) is 0 Å². The van der Waals surface area contributed by atoms with Gasteiger partial charge in [0.25, 0.3) is 0 Å². The van der Waals surface area contributed by atoms with Crippen LogP contribution >= 0.6 is 12.2 Å². The second-order valence-electron chi connectivity index (χ2n) is 3.38. The summed E-state index contributed by atoms with van der Waals surface area (Å²) in [6.07, 6.45) is -4.29. The Labute approximate surface area is 108 Å². The van der Waals surface area contributed by atoms with Gasteiger partial charge in [0.2, 0.25) is 0 Å². The van der Waals surface area contributed by atoms with Crippen molar-refractivity contribution in [2.75, 3.05) is 0 Å². The number of thiocarbonyl (C=S) groups is 1. The number of hydrogen-bond acceptors (Lipinski definition) is 1. The third-order valence-corrected chi connectivity index (χ3v) is 4.83. The van der Waals surface area contributed by atoms with Gasteiger partial charge in [-0.25, -0.2) is 0 Å². The first-order valence-electron chi connectivity index (χ1n) is 4.74. The monoisotopic (exact) mass is 320 g/mol. The fraction of sp³-hybridized carbons (Fsp3) is 0.0833. The molecule has 0 unspecified atom stereocenters. The van der Waals surface area contributed by atoms with Crippen molar-refractivity contribution in [2.24, 2.45) is 0 Å². The molecule has 0 radical (unpaired) electrons. The summed E-state index contributed by atoms with van der Waals surface area (Å²) in [5.74, 6) is 0. The normalized spacial score (nSPS) is 11.5. The van der Waals surface area contributed by atoms with Crippen molar-refractivity contribution in [3.05, 3.63) is 56.9 Å². The summed E-state index contributed by atoms with van der Waals surface area (Å²) < 4.78 is 38.1. The molecule has 0 N–H and O–H groups in total. The Morgan fingerprint density at radius 2 is 1.71 bits per heavy atom. The van der Waals surface area contributed by atoms with Gasteiger partial charge in [-0.3, -0.25) is 0 Å². The molecular formula is C12H7F3SSe. The Morgan fingerprint density at radius 1 is 1.06 bits per heavy atom. The van der Waals surface area contributed by atoms with Crippen molar-refractivity contribution in [1.29, 1.82) is 0 Å². The molecule has 2 aromatic rings. The van der Waals surface area contributed by atoms with E-state index < -0.39 is 11.7 Å². The van der Waals surface area contributed by atoms with Crippen molar-refractivity contribution in [2.45, 2.75) is 6.18 Å². The van der Waals surface area contributed by atoms with Crippen LogP contribution in [0, 0.1) is 0 Å². The molecule has 0 amide bonds. The van der Waals surface area contributed by atoms with E-state index in [1.807, 2.05) is 17.1 Å². The quantitative estimate of drug-likeness (QED) is 0.464. The van der Waals surface area contributed by atoms with E-state index in [0.717, 1.165) is 16.6 Å². The van der Waals surface area contributed by atoms with Gasteiger partial charge in [0.15, 0.2) is 0 Å². The SMILES string of the molecule is FC(F)(F)c1ccc(C(=S)c2ccc[se]2)cc1. The van der Waals surface area contributed by atoms with Crippen molar-refractivity contribution in [3.8, 4) is 0 Å². The Bertz CT molecular complexity index is 512. The molecular weight excluding hydrogens is 312 g/mol. The fourth-order valence-electron chi connectivity index (χ4n) is 1.36. The first kappa shape index (κ1) is 12.6. The molecule has 0 aliphatic heterocycles. The summed E-state index contributed by atoms with van der Waals surface area (Å²) >= 11 is 5.45. The Balaban J connectivity index is 2.28. The average molecular weight is 319 g/mol. The maximum absolute atomic E-state index is 12.4. The van der Waals surface area contributed by atoms with E-state index in [-0.39, 0.29) is 14.5 Å². The van der Waals surface area contributed by atoms with Crippen LogP contribution in [0.25, 0.3) is 0 Å². The first-order valence-corrected chi connectivity index (χ1v) is 6.99. The molecule has 1 heterocycles.